The first-order chi connectivity index (χ1) is 8.32. The van der Waals surface area contributed by atoms with Crippen molar-refractivity contribution >= 4 is 17.3 Å². The summed E-state index contributed by atoms with van der Waals surface area (Å²) in [6.07, 6.45) is 0. The van der Waals surface area contributed by atoms with Gasteiger partial charge in [0.15, 0.2) is 0 Å². The second-order valence-corrected chi connectivity index (χ2v) is 5.56. The second-order valence-electron chi connectivity index (χ2n) is 5.56. The van der Waals surface area contributed by atoms with Crippen LogP contribution in [-0.2, 0) is 4.79 Å². The van der Waals surface area contributed by atoms with Crippen LogP contribution in [0.1, 0.15) is 43.6 Å². The molecule has 18 heavy (non-hydrogen) atoms. The molecule has 0 atom stereocenters. The van der Waals surface area contributed by atoms with Gasteiger partial charge in [0, 0.05) is 12.5 Å². The molecule has 0 spiro atoms. The van der Waals surface area contributed by atoms with E-state index in [1.165, 1.54) is 6.92 Å². The highest BCUT2D eigenvalue weighted by molar-refractivity contribution is 6.22. The molecule has 0 unspecified atom stereocenters. The van der Waals surface area contributed by atoms with E-state index >= 15 is 0 Å². The quantitative estimate of drug-likeness (QED) is 0.824. The average Bonchev–Trinajstić information content (AvgIpc) is 2.52. The molecule has 0 fully saturated rings. The van der Waals surface area contributed by atoms with Crippen molar-refractivity contribution in [3.8, 4) is 0 Å². The summed E-state index contributed by atoms with van der Waals surface area (Å²) in [7, 11) is 0. The summed E-state index contributed by atoms with van der Waals surface area (Å²) < 4.78 is 0. The van der Waals surface area contributed by atoms with Crippen LogP contribution in [0.25, 0.3) is 5.57 Å². The minimum atomic E-state index is -0.215. The number of fused-ring (bicyclic) bond motifs is 1. The molecule has 0 aromatic heterocycles. The number of hydrogen-bond donors (Lipinski definition) is 1. The van der Waals surface area contributed by atoms with Gasteiger partial charge < -0.3 is 5.32 Å². The van der Waals surface area contributed by atoms with E-state index in [1.54, 1.807) is 6.07 Å². The lowest BCUT2D eigenvalue weighted by atomic mass is 9.82. The smallest absolute Gasteiger partial charge is 0.221 e. The van der Waals surface area contributed by atoms with Crippen LogP contribution in [0.5, 0.6) is 0 Å². The Labute approximate surface area is 107 Å². The van der Waals surface area contributed by atoms with Crippen molar-refractivity contribution in [2.45, 2.75) is 27.7 Å². The third kappa shape index (κ3) is 1.96. The summed E-state index contributed by atoms with van der Waals surface area (Å²) >= 11 is 0. The number of hydrogen-bond acceptors (Lipinski definition) is 2. The number of Topliss-reactive ketones (excluding diaryl/α,β-unsaturated/α-hetero) is 1. The Morgan fingerprint density at radius 2 is 1.67 bits per heavy atom. The first-order valence-corrected chi connectivity index (χ1v) is 5.99. The Balaban J connectivity index is 2.66. The zero-order chi connectivity index (χ0) is 13.5. The fourth-order valence-corrected chi connectivity index (χ4v) is 2.36. The van der Waals surface area contributed by atoms with Gasteiger partial charge in [0.1, 0.15) is 0 Å². The standard InChI is InChI=1S/C15H17NO2/c1-9(17)16-13-12(15(2,3)4)10-7-5-6-8-11(10)14(13)18/h5-8H,1-4H3,(H,16,17,18). The summed E-state index contributed by atoms with van der Waals surface area (Å²) in [6, 6.07) is 7.49. The average molecular weight is 243 g/mol. The third-order valence-corrected chi connectivity index (χ3v) is 2.97. The van der Waals surface area contributed by atoms with Crippen LogP contribution in [0.15, 0.2) is 30.0 Å². The molecule has 3 nitrogen and oxygen atoms in total. The number of carbonyl (C=O) groups is 2. The lowest BCUT2D eigenvalue weighted by Crippen LogP contribution is -2.25. The molecule has 1 aliphatic rings. The molecule has 0 heterocycles. The Morgan fingerprint density at radius 3 is 2.17 bits per heavy atom. The van der Waals surface area contributed by atoms with E-state index in [2.05, 4.69) is 5.32 Å². The topological polar surface area (TPSA) is 46.2 Å². The highest BCUT2D eigenvalue weighted by atomic mass is 16.2. The maximum absolute atomic E-state index is 12.3. The van der Waals surface area contributed by atoms with Crippen LogP contribution in [0.3, 0.4) is 0 Å². The highest BCUT2D eigenvalue weighted by Crippen LogP contribution is 2.42. The minimum absolute atomic E-state index is 0.0919. The van der Waals surface area contributed by atoms with Gasteiger partial charge in [-0.25, -0.2) is 0 Å². The SMILES string of the molecule is CC(=O)NC1=C(C(C)(C)C)c2ccccc2C1=O. The van der Waals surface area contributed by atoms with Crippen molar-refractivity contribution in [3.05, 3.63) is 41.1 Å². The molecule has 1 aromatic rings. The van der Waals surface area contributed by atoms with Crippen molar-refractivity contribution in [2.24, 2.45) is 5.41 Å². The molecular formula is C15H17NO2. The number of rotatable bonds is 1. The largest absolute Gasteiger partial charge is 0.323 e. The number of amides is 1. The first-order valence-electron chi connectivity index (χ1n) is 5.99. The normalized spacial score (nSPS) is 14.8. The van der Waals surface area contributed by atoms with Gasteiger partial charge in [0.2, 0.25) is 11.7 Å². The van der Waals surface area contributed by atoms with E-state index in [-0.39, 0.29) is 17.1 Å². The van der Waals surface area contributed by atoms with Crippen LogP contribution >= 0.6 is 0 Å². The Bertz CT molecular complexity index is 562. The molecule has 1 aliphatic carbocycles. The summed E-state index contributed by atoms with van der Waals surface area (Å²) in [4.78, 5) is 23.6. The summed E-state index contributed by atoms with van der Waals surface area (Å²) in [5.74, 6) is -0.307. The lowest BCUT2D eigenvalue weighted by molar-refractivity contribution is -0.118. The predicted molar refractivity (Wildman–Crippen MR) is 71.0 cm³/mol. The molecule has 0 bridgehead atoms. The molecular weight excluding hydrogens is 226 g/mol. The molecule has 1 N–H and O–H groups in total. The molecule has 0 saturated heterocycles. The molecule has 1 amide bonds. The molecule has 94 valence electrons. The van der Waals surface area contributed by atoms with E-state index in [0.717, 1.165) is 11.1 Å². The minimum Gasteiger partial charge on any atom is -0.323 e. The van der Waals surface area contributed by atoms with Gasteiger partial charge in [0.25, 0.3) is 0 Å². The lowest BCUT2D eigenvalue weighted by Gasteiger charge is -2.23. The maximum atomic E-state index is 12.3. The van der Waals surface area contributed by atoms with Gasteiger partial charge in [-0.15, -0.1) is 0 Å². The number of carbonyl (C=O) groups excluding carboxylic acids is 2. The fraction of sp³-hybridized carbons (Fsp3) is 0.333. The van der Waals surface area contributed by atoms with Gasteiger partial charge in [-0.3, -0.25) is 9.59 Å². The van der Waals surface area contributed by atoms with Crippen molar-refractivity contribution in [3.63, 3.8) is 0 Å². The Kier molecular flexibility index (Phi) is 2.85. The molecule has 0 saturated carbocycles. The molecule has 0 radical (unpaired) electrons. The van der Waals surface area contributed by atoms with E-state index < -0.39 is 0 Å². The van der Waals surface area contributed by atoms with Gasteiger partial charge in [-0.1, -0.05) is 45.0 Å². The maximum Gasteiger partial charge on any atom is 0.221 e. The zero-order valence-electron chi connectivity index (χ0n) is 11.1. The number of allylic oxidation sites excluding steroid dienone is 2. The first kappa shape index (κ1) is 12.6. The van der Waals surface area contributed by atoms with Gasteiger partial charge >= 0.3 is 0 Å². The van der Waals surface area contributed by atoms with Crippen LogP contribution in [0.2, 0.25) is 0 Å². The van der Waals surface area contributed by atoms with E-state index in [0.29, 0.717) is 11.3 Å². The third-order valence-electron chi connectivity index (χ3n) is 2.97. The fourth-order valence-electron chi connectivity index (χ4n) is 2.36. The van der Waals surface area contributed by atoms with Crippen molar-refractivity contribution in [1.29, 1.82) is 0 Å². The van der Waals surface area contributed by atoms with Crippen LogP contribution < -0.4 is 5.32 Å². The van der Waals surface area contributed by atoms with E-state index in [4.69, 9.17) is 0 Å². The van der Waals surface area contributed by atoms with Gasteiger partial charge in [-0.05, 0) is 16.6 Å². The molecule has 0 aliphatic heterocycles. The second kappa shape index (κ2) is 4.09. The number of ketones is 1. The predicted octanol–water partition coefficient (Wildman–Crippen LogP) is 2.78. The van der Waals surface area contributed by atoms with Gasteiger partial charge in [0.05, 0.1) is 5.70 Å². The molecule has 2 rings (SSSR count). The summed E-state index contributed by atoms with van der Waals surface area (Å²) in [5, 5.41) is 2.69. The zero-order valence-corrected chi connectivity index (χ0v) is 11.1. The van der Waals surface area contributed by atoms with E-state index in [1.807, 2.05) is 39.0 Å². The van der Waals surface area contributed by atoms with Crippen LogP contribution in [-0.4, -0.2) is 11.7 Å². The van der Waals surface area contributed by atoms with Crippen LogP contribution in [0, 0.1) is 5.41 Å². The van der Waals surface area contributed by atoms with Crippen molar-refractivity contribution in [2.75, 3.05) is 0 Å². The summed E-state index contributed by atoms with van der Waals surface area (Å²) in [6.45, 7) is 7.54. The Morgan fingerprint density at radius 1 is 1.11 bits per heavy atom. The van der Waals surface area contributed by atoms with Crippen molar-refractivity contribution < 1.29 is 9.59 Å². The number of benzene rings is 1. The monoisotopic (exact) mass is 243 g/mol. The highest BCUT2D eigenvalue weighted by Gasteiger charge is 2.35. The van der Waals surface area contributed by atoms with Gasteiger partial charge in [-0.2, -0.15) is 0 Å². The van der Waals surface area contributed by atoms with E-state index in [9.17, 15) is 9.59 Å². The molecule has 3 heteroatoms. The number of nitrogens with one attached hydrogen (secondary N) is 1. The Hall–Kier alpha value is -1.90. The van der Waals surface area contributed by atoms with Crippen molar-refractivity contribution in [1.82, 2.24) is 5.32 Å². The molecule has 1 aromatic carbocycles. The van der Waals surface area contributed by atoms with Crippen LogP contribution in [0.4, 0.5) is 0 Å². The summed E-state index contributed by atoms with van der Waals surface area (Å²) in [5.41, 5.74) is 2.75.